The third-order valence-corrected chi connectivity index (χ3v) is 3.24. The van der Waals surface area contributed by atoms with Crippen LogP contribution in [0, 0.1) is 0 Å². The van der Waals surface area contributed by atoms with Crippen molar-refractivity contribution in [3.05, 3.63) is 11.3 Å². The molecule has 4 N–H and O–H groups in total. The van der Waals surface area contributed by atoms with Crippen LogP contribution < -0.4 is 16.4 Å². The van der Waals surface area contributed by atoms with E-state index < -0.39 is 5.91 Å². The predicted octanol–water partition coefficient (Wildman–Crippen LogP) is -0.0918. The van der Waals surface area contributed by atoms with E-state index in [1.165, 1.54) is 6.42 Å². The molecule has 2 aliphatic heterocycles. The molecule has 1 aromatic rings. The van der Waals surface area contributed by atoms with Gasteiger partial charge in [0.2, 0.25) is 5.95 Å². The summed E-state index contributed by atoms with van der Waals surface area (Å²) in [5.41, 5.74) is 12.1. The summed E-state index contributed by atoms with van der Waals surface area (Å²) >= 11 is 0. The van der Waals surface area contributed by atoms with E-state index in [1.54, 1.807) is 0 Å². The van der Waals surface area contributed by atoms with Gasteiger partial charge >= 0.3 is 0 Å². The van der Waals surface area contributed by atoms with Gasteiger partial charge in [-0.1, -0.05) is 0 Å². The molecule has 0 spiro atoms. The number of nitrogens with two attached hydrogens (primary N) is 2. The molecule has 3 rings (SSSR count). The number of nitrogens with zero attached hydrogens (tertiary/aromatic N) is 4. The second-order valence-corrected chi connectivity index (χ2v) is 4.48. The summed E-state index contributed by atoms with van der Waals surface area (Å²) < 4.78 is 0. The molecule has 1 saturated heterocycles. The van der Waals surface area contributed by atoms with E-state index in [2.05, 4.69) is 15.0 Å². The fraction of sp³-hybridized carbons (Fsp3) is 0.455. The maximum atomic E-state index is 11.6. The molecular formula is C11H14N6O. The highest BCUT2D eigenvalue weighted by Crippen LogP contribution is 2.24. The molecule has 94 valence electrons. The van der Waals surface area contributed by atoms with Gasteiger partial charge in [-0.25, -0.2) is 4.98 Å². The van der Waals surface area contributed by atoms with Gasteiger partial charge in [0, 0.05) is 13.1 Å². The average Bonchev–Trinajstić information content (AvgIpc) is 2.66. The van der Waals surface area contributed by atoms with Gasteiger partial charge in [-0.15, -0.1) is 0 Å². The number of hydrogen-bond donors (Lipinski definition) is 2. The molecule has 0 saturated carbocycles. The van der Waals surface area contributed by atoms with Gasteiger partial charge in [-0.2, -0.15) is 9.98 Å². The van der Waals surface area contributed by atoms with E-state index in [0.717, 1.165) is 25.9 Å². The maximum absolute atomic E-state index is 11.6. The van der Waals surface area contributed by atoms with Crippen molar-refractivity contribution in [2.45, 2.75) is 19.3 Å². The smallest absolute Gasteiger partial charge is 0.298 e. The van der Waals surface area contributed by atoms with Crippen molar-refractivity contribution in [3.63, 3.8) is 0 Å². The van der Waals surface area contributed by atoms with Crippen LogP contribution in [0.4, 0.5) is 11.8 Å². The Hall–Kier alpha value is -2.18. The molecule has 0 bridgehead atoms. The summed E-state index contributed by atoms with van der Waals surface area (Å²) in [6.07, 6.45) is 3.42. The normalized spacial score (nSPS) is 18.8. The quantitative estimate of drug-likeness (QED) is 0.716. The Labute approximate surface area is 104 Å². The summed E-state index contributed by atoms with van der Waals surface area (Å²) in [5, 5.41) is 0. The minimum absolute atomic E-state index is 0.109. The van der Waals surface area contributed by atoms with Crippen LogP contribution in [0.25, 0.3) is 0 Å². The first kappa shape index (κ1) is 10.9. The van der Waals surface area contributed by atoms with Gasteiger partial charge in [0.1, 0.15) is 17.3 Å². The Balaban J connectivity index is 2.03. The van der Waals surface area contributed by atoms with Gasteiger partial charge in [-0.05, 0) is 19.3 Å². The van der Waals surface area contributed by atoms with E-state index >= 15 is 0 Å². The molecule has 1 aromatic heterocycles. The summed E-state index contributed by atoms with van der Waals surface area (Å²) in [6, 6.07) is 0. The predicted molar refractivity (Wildman–Crippen MR) is 67.6 cm³/mol. The Morgan fingerprint density at radius 2 is 1.78 bits per heavy atom. The molecule has 7 nitrogen and oxygen atoms in total. The molecule has 0 aliphatic carbocycles. The Kier molecular flexibility index (Phi) is 2.39. The summed E-state index contributed by atoms with van der Waals surface area (Å²) in [5.74, 6) is 0.407. The van der Waals surface area contributed by atoms with Crippen LogP contribution in [0.3, 0.4) is 0 Å². The van der Waals surface area contributed by atoms with Crippen LogP contribution in [0.1, 0.15) is 35.3 Å². The number of carbonyl (C=O) groups is 1. The molecule has 1 fully saturated rings. The number of anilines is 2. The van der Waals surface area contributed by atoms with Crippen molar-refractivity contribution in [2.24, 2.45) is 10.7 Å². The third kappa shape index (κ3) is 1.59. The first-order valence-corrected chi connectivity index (χ1v) is 5.98. The van der Waals surface area contributed by atoms with Crippen molar-refractivity contribution in [1.82, 2.24) is 9.97 Å². The number of hydrogen-bond acceptors (Lipinski definition) is 6. The lowest BCUT2D eigenvalue weighted by atomic mass is 10.1. The van der Waals surface area contributed by atoms with Gasteiger partial charge in [0.15, 0.2) is 0 Å². The van der Waals surface area contributed by atoms with E-state index in [1.807, 2.05) is 4.90 Å². The van der Waals surface area contributed by atoms with Gasteiger partial charge in [0.25, 0.3) is 5.91 Å². The minimum atomic E-state index is -0.435. The first-order valence-electron chi connectivity index (χ1n) is 5.98. The summed E-state index contributed by atoms with van der Waals surface area (Å²) in [4.78, 5) is 25.8. The molecule has 0 aromatic carbocycles. The number of aliphatic imine (C=N–C) groups is 1. The SMILES string of the molecule is NC1=NC(=O)c2nc(N3CCCCC3)nc(N)c21. The number of carbonyl (C=O) groups excluding carboxylic acids is 1. The highest BCUT2D eigenvalue weighted by molar-refractivity contribution is 6.21. The zero-order chi connectivity index (χ0) is 12.7. The van der Waals surface area contributed by atoms with Gasteiger partial charge in [-0.3, -0.25) is 4.79 Å². The first-order chi connectivity index (χ1) is 8.66. The van der Waals surface area contributed by atoms with Crippen LogP contribution in [-0.2, 0) is 0 Å². The largest absolute Gasteiger partial charge is 0.383 e. The number of nitrogen functional groups attached to an aromatic ring is 1. The molecule has 7 heteroatoms. The molecule has 3 heterocycles. The molecule has 2 aliphatic rings. The highest BCUT2D eigenvalue weighted by Gasteiger charge is 2.28. The topological polar surface area (TPSA) is 110 Å². The van der Waals surface area contributed by atoms with Crippen molar-refractivity contribution in [2.75, 3.05) is 23.7 Å². The summed E-state index contributed by atoms with van der Waals surface area (Å²) in [6.45, 7) is 1.78. The number of piperidine rings is 1. The van der Waals surface area contributed by atoms with E-state index in [-0.39, 0.29) is 17.3 Å². The van der Waals surface area contributed by atoms with Gasteiger partial charge in [0.05, 0.1) is 5.56 Å². The van der Waals surface area contributed by atoms with Crippen LogP contribution >= 0.6 is 0 Å². The van der Waals surface area contributed by atoms with Crippen molar-refractivity contribution < 1.29 is 4.79 Å². The maximum Gasteiger partial charge on any atom is 0.298 e. The van der Waals surface area contributed by atoms with Gasteiger partial charge < -0.3 is 16.4 Å². The van der Waals surface area contributed by atoms with E-state index in [9.17, 15) is 4.79 Å². The van der Waals surface area contributed by atoms with Crippen LogP contribution in [0.15, 0.2) is 4.99 Å². The lowest BCUT2D eigenvalue weighted by molar-refractivity contribution is 0.100. The number of aromatic nitrogens is 2. The van der Waals surface area contributed by atoms with E-state index in [4.69, 9.17) is 11.5 Å². The average molecular weight is 246 g/mol. The van der Waals surface area contributed by atoms with Crippen LogP contribution in [0.5, 0.6) is 0 Å². The number of fused-ring (bicyclic) bond motifs is 1. The van der Waals surface area contributed by atoms with Crippen molar-refractivity contribution in [1.29, 1.82) is 0 Å². The second kappa shape index (κ2) is 3.94. The molecule has 0 radical (unpaired) electrons. The van der Waals surface area contributed by atoms with Crippen molar-refractivity contribution in [3.8, 4) is 0 Å². The van der Waals surface area contributed by atoms with E-state index in [0.29, 0.717) is 11.5 Å². The zero-order valence-electron chi connectivity index (χ0n) is 9.89. The monoisotopic (exact) mass is 246 g/mol. The molecule has 1 amide bonds. The summed E-state index contributed by atoms with van der Waals surface area (Å²) in [7, 11) is 0. The fourth-order valence-corrected chi connectivity index (χ4v) is 2.33. The number of amides is 1. The minimum Gasteiger partial charge on any atom is -0.383 e. The number of amidine groups is 1. The molecule has 0 atom stereocenters. The molecular weight excluding hydrogens is 232 g/mol. The van der Waals surface area contributed by atoms with Crippen LogP contribution in [0.2, 0.25) is 0 Å². The Morgan fingerprint density at radius 3 is 2.50 bits per heavy atom. The fourth-order valence-electron chi connectivity index (χ4n) is 2.33. The molecule has 18 heavy (non-hydrogen) atoms. The second-order valence-electron chi connectivity index (χ2n) is 4.48. The zero-order valence-corrected chi connectivity index (χ0v) is 9.89. The highest BCUT2D eigenvalue weighted by atomic mass is 16.1. The number of rotatable bonds is 1. The Morgan fingerprint density at radius 1 is 1.06 bits per heavy atom. The lowest BCUT2D eigenvalue weighted by Gasteiger charge is -2.26. The lowest BCUT2D eigenvalue weighted by Crippen LogP contribution is -2.32. The van der Waals surface area contributed by atoms with Crippen molar-refractivity contribution >= 4 is 23.5 Å². The van der Waals surface area contributed by atoms with Crippen LogP contribution in [-0.4, -0.2) is 34.8 Å². The Bertz CT molecular complexity index is 547. The third-order valence-electron chi connectivity index (χ3n) is 3.24. The molecule has 0 unspecified atom stereocenters. The standard InChI is InChI=1S/C11H14N6O/c12-8-6-7(10(18)15-8)14-11(16-9(6)13)17-4-2-1-3-5-17/h1-5H2,(H2,12,15,18)(H2,13,14,16).